The van der Waals surface area contributed by atoms with Crippen LogP contribution in [0.25, 0.3) is 0 Å². The third-order valence-electron chi connectivity index (χ3n) is 6.57. The summed E-state index contributed by atoms with van der Waals surface area (Å²) in [4.78, 5) is 44.7. The summed E-state index contributed by atoms with van der Waals surface area (Å²) in [7, 11) is 0. The molecule has 0 saturated heterocycles. The van der Waals surface area contributed by atoms with E-state index in [4.69, 9.17) is 21.9 Å². The molecule has 0 radical (unpaired) electrons. The SMILES string of the molecule is NCCN(CCN)C(=O)C[C@H](N)C(=O)N[C@@H](CCc1ccccc1)C(=O)CCc1cccc(Oc2ccccn2)c1. The average molecular weight is 561 g/mol. The minimum atomic E-state index is -1.10. The van der Waals surface area contributed by atoms with Crippen LogP contribution >= 0.6 is 0 Å². The first-order valence-electron chi connectivity index (χ1n) is 13.9. The van der Waals surface area contributed by atoms with Crippen molar-refractivity contribution < 1.29 is 19.1 Å². The molecule has 3 aromatic rings. The van der Waals surface area contributed by atoms with E-state index in [2.05, 4.69) is 10.3 Å². The highest BCUT2D eigenvalue weighted by atomic mass is 16.5. The number of carbonyl (C=O) groups is 3. The second-order valence-corrected chi connectivity index (χ2v) is 9.74. The number of pyridine rings is 1. The van der Waals surface area contributed by atoms with Gasteiger partial charge in [-0.3, -0.25) is 14.4 Å². The maximum Gasteiger partial charge on any atom is 0.238 e. The predicted molar refractivity (Wildman–Crippen MR) is 158 cm³/mol. The van der Waals surface area contributed by atoms with Crippen LogP contribution in [0.15, 0.2) is 79.0 Å². The molecule has 1 aromatic heterocycles. The lowest BCUT2D eigenvalue weighted by atomic mass is 9.97. The Kier molecular flexibility index (Phi) is 12.9. The summed E-state index contributed by atoms with van der Waals surface area (Å²) in [5, 5.41) is 2.81. The number of benzene rings is 2. The molecular weight excluding hydrogens is 520 g/mol. The molecule has 7 N–H and O–H groups in total. The van der Waals surface area contributed by atoms with Gasteiger partial charge in [-0.15, -0.1) is 0 Å². The van der Waals surface area contributed by atoms with Gasteiger partial charge in [-0.25, -0.2) is 4.98 Å². The van der Waals surface area contributed by atoms with Gasteiger partial charge in [0.15, 0.2) is 5.78 Å². The molecule has 0 aliphatic carbocycles. The van der Waals surface area contributed by atoms with Gasteiger partial charge in [0.1, 0.15) is 5.75 Å². The molecule has 2 atom stereocenters. The van der Waals surface area contributed by atoms with Gasteiger partial charge >= 0.3 is 0 Å². The number of nitrogens with two attached hydrogens (primary N) is 3. The predicted octanol–water partition coefficient (Wildman–Crippen LogP) is 1.96. The Morgan fingerprint density at radius 3 is 2.27 bits per heavy atom. The number of aryl methyl sites for hydroxylation is 2. The standard InChI is InChI=1S/C31H40N6O4/c32-16-19-37(20-17-33)30(39)22-26(34)31(40)36-27(14-12-23-7-2-1-3-8-23)28(38)15-13-24-9-6-10-25(21-24)41-29-11-4-5-18-35-29/h1-11,18,21,26-27H,12-17,19-20,22,32-34H2,(H,36,40)/t26-,27-/m0/s1. The Hall–Kier alpha value is -4.12. The van der Waals surface area contributed by atoms with Gasteiger partial charge in [-0.2, -0.15) is 0 Å². The van der Waals surface area contributed by atoms with E-state index < -0.39 is 18.0 Å². The highest BCUT2D eigenvalue weighted by molar-refractivity contribution is 5.93. The number of rotatable bonds is 17. The first kappa shape index (κ1) is 31.4. The van der Waals surface area contributed by atoms with Crippen molar-refractivity contribution in [3.63, 3.8) is 0 Å². The van der Waals surface area contributed by atoms with E-state index in [1.165, 1.54) is 4.90 Å². The molecule has 218 valence electrons. The molecule has 0 aliphatic rings. The van der Waals surface area contributed by atoms with Crippen LogP contribution in [0.4, 0.5) is 0 Å². The van der Waals surface area contributed by atoms with Crippen LogP contribution in [0.1, 0.15) is 30.4 Å². The Morgan fingerprint density at radius 1 is 0.878 bits per heavy atom. The Balaban J connectivity index is 1.63. The maximum absolute atomic E-state index is 13.4. The Bertz CT molecular complexity index is 1240. The number of ketones is 1. The number of amides is 2. The van der Waals surface area contributed by atoms with Crippen molar-refractivity contribution in [1.29, 1.82) is 0 Å². The third-order valence-corrected chi connectivity index (χ3v) is 6.57. The molecule has 10 heteroatoms. The molecule has 0 spiro atoms. The van der Waals surface area contributed by atoms with E-state index in [-0.39, 0.29) is 37.6 Å². The highest BCUT2D eigenvalue weighted by Crippen LogP contribution is 2.21. The lowest BCUT2D eigenvalue weighted by Crippen LogP contribution is -2.51. The van der Waals surface area contributed by atoms with Crippen molar-refractivity contribution in [2.75, 3.05) is 26.2 Å². The second kappa shape index (κ2) is 16.9. The molecule has 0 unspecified atom stereocenters. The van der Waals surface area contributed by atoms with E-state index in [0.717, 1.165) is 11.1 Å². The van der Waals surface area contributed by atoms with E-state index in [1.807, 2.05) is 66.7 Å². The lowest BCUT2D eigenvalue weighted by Gasteiger charge is -2.24. The molecule has 0 fully saturated rings. The van der Waals surface area contributed by atoms with E-state index in [1.54, 1.807) is 12.3 Å². The maximum atomic E-state index is 13.4. The number of carbonyl (C=O) groups excluding carboxylic acids is 3. The van der Waals surface area contributed by atoms with Crippen molar-refractivity contribution in [3.8, 4) is 11.6 Å². The zero-order valence-electron chi connectivity index (χ0n) is 23.3. The van der Waals surface area contributed by atoms with Crippen LogP contribution < -0.4 is 27.3 Å². The monoisotopic (exact) mass is 560 g/mol. The molecule has 1 heterocycles. The Labute approximate surface area is 241 Å². The summed E-state index contributed by atoms with van der Waals surface area (Å²) in [6.45, 7) is 1.22. The van der Waals surface area contributed by atoms with E-state index in [0.29, 0.717) is 44.0 Å². The summed E-state index contributed by atoms with van der Waals surface area (Å²) < 4.78 is 5.81. The van der Waals surface area contributed by atoms with Crippen molar-refractivity contribution in [2.24, 2.45) is 17.2 Å². The van der Waals surface area contributed by atoms with Gasteiger partial charge in [0.2, 0.25) is 17.7 Å². The lowest BCUT2D eigenvalue weighted by molar-refractivity contribution is -0.135. The van der Waals surface area contributed by atoms with Crippen molar-refractivity contribution in [1.82, 2.24) is 15.2 Å². The highest BCUT2D eigenvalue weighted by Gasteiger charge is 2.26. The van der Waals surface area contributed by atoms with Gasteiger partial charge in [0.25, 0.3) is 0 Å². The smallest absolute Gasteiger partial charge is 0.238 e. The molecule has 2 amide bonds. The van der Waals surface area contributed by atoms with Crippen molar-refractivity contribution in [2.45, 2.75) is 44.2 Å². The van der Waals surface area contributed by atoms with E-state index in [9.17, 15) is 14.4 Å². The van der Waals surface area contributed by atoms with Crippen molar-refractivity contribution in [3.05, 3.63) is 90.1 Å². The zero-order chi connectivity index (χ0) is 29.5. The number of nitrogens with zero attached hydrogens (tertiary/aromatic N) is 2. The quantitative estimate of drug-likeness (QED) is 0.194. The summed E-state index contributed by atoms with van der Waals surface area (Å²) in [6.07, 6.45) is 3.13. The largest absolute Gasteiger partial charge is 0.439 e. The van der Waals surface area contributed by atoms with Crippen LogP contribution in [0.2, 0.25) is 0 Å². The fourth-order valence-electron chi connectivity index (χ4n) is 4.37. The van der Waals surface area contributed by atoms with Crippen molar-refractivity contribution >= 4 is 17.6 Å². The Morgan fingerprint density at radius 2 is 1.59 bits per heavy atom. The van der Waals surface area contributed by atoms with Gasteiger partial charge in [-0.1, -0.05) is 48.5 Å². The molecule has 3 rings (SSSR count). The zero-order valence-corrected chi connectivity index (χ0v) is 23.3. The first-order valence-corrected chi connectivity index (χ1v) is 13.9. The summed E-state index contributed by atoms with van der Waals surface area (Å²) in [5.74, 6) is 0.140. The molecule has 2 aromatic carbocycles. The fraction of sp³-hybridized carbons (Fsp3) is 0.355. The van der Waals surface area contributed by atoms with Gasteiger partial charge < -0.3 is 32.2 Å². The van der Waals surface area contributed by atoms with Gasteiger partial charge in [-0.05, 0) is 48.6 Å². The molecule has 0 bridgehead atoms. The fourth-order valence-corrected chi connectivity index (χ4v) is 4.37. The van der Waals surface area contributed by atoms with E-state index >= 15 is 0 Å². The first-order chi connectivity index (χ1) is 19.9. The normalized spacial score (nSPS) is 12.3. The summed E-state index contributed by atoms with van der Waals surface area (Å²) >= 11 is 0. The van der Waals surface area contributed by atoms with Crippen LogP contribution in [-0.2, 0) is 27.2 Å². The number of Topliss-reactive ketones (excluding diaryl/α,β-unsaturated/α-hetero) is 1. The number of nitrogens with one attached hydrogen (secondary N) is 1. The number of aromatic nitrogens is 1. The number of hydrogen-bond donors (Lipinski definition) is 4. The third kappa shape index (κ3) is 10.8. The molecule has 10 nitrogen and oxygen atoms in total. The molecular formula is C31H40N6O4. The topological polar surface area (TPSA) is 167 Å². The van der Waals surface area contributed by atoms with Gasteiger partial charge in [0.05, 0.1) is 18.5 Å². The van der Waals surface area contributed by atoms with Crippen LogP contribution in [0, 0.1) is 0 Å². The van der Waals surface area contributed by atoms with Crippen LogP contribution in [0.3, 0.4) is 0 Å². The minimum absolute atomic E-state index is 0.114. The number of hydrogen-bond acceptors (Lipinski definition) is 8. The molecule has 0 saturated carbocycles. The minimum Gasteiger partial charge on any atom is -0.439 e. The molecule has 0 aliphatic heterocycles. The summed E-state index contributed by atoms with van der Waals surface area (Å²) in [6, 6.07) is 20.8. The van der Waals surface area contributed by atoms with Crippen LogP contribution in [0.5, 0.6) is 11.6 Å². The van der Waals surface area contributed by atoms with Crippen LogP contribution in [-0.4, -0.2) is 65.7 Å². The second-order valence-electron chi connectivity index (χ2n) is 9.74. The molecule has 41 heavy (non-hydrogen) atoms. The van der Waals surface area contributed by atoms with Gasteiger partial charge in [0, 0.05) is 44.9 Å². The average Bonchev–Trinajstić information content (AvgIpc) is 2.99. The summed E-state index contributed by atoms with van der Waals surface area (Å²) in [5.41, 5.74) is 19.2. The number of ether oxygens (including phenoxy) is 1.